The third-order valence-electron chi connectivity index (χ3n) is 5.82. The number of hydrogen-bond acceptors (Lipinski definition) is 3. The summed E-state index contributed by atoms with van der Waals surface area (Å²) in [6.45, 7) is 6.17. The first-order chi connectivity index (χ1) is 11.4. The highest BCUT2D eigenvalue weighted by Gasteiger charge is 2.32. The van der Waals surface area contributed by atoms with Crippen molar-refractivity contribution in [3.05, 3.63) is 0 Å². The SMILES string of the molecule is CCC1(CNC(=NC)NC2CCN(S(=O)(=O)CC)CC2)CCCC1. The first kappa shape index (κ1) is 19.5. The van der Waals surface area contributed by atoms with E-state index in [9.17, 15) is 8.42 Å². The van der Waals surface area contributed by atoms with Gasteiger partial charge in [0.1, 0.15) is 0 Å². The van der Waals surface area contributed by atoms with E-state index in [2.05, 4.69) is 22.5 Å². The fraction of sp³-hybridized carbons (Fsp3) is 0.941. The van der Waals surface area contributed by atoms with Crippen LogP contribution in [0.2, 0.25) is 0 Å². The Hall–Kier alpha value is -0.820. The van der Waals surface area contributed by atoms with Gasteiger partial charge in [0.15, 0.2) is 5.96 Å². The van der Waals surface area contributed by atoms with Crippen LogP contribution in [-0.2, 0) is 10.0 Å². The lowest BCUT2D eigenvalue weighted by molar-refractivity contribution is 0.280. The molecule has 0 aromatic rings. The highest BCUT2D eigenvalue weighted by Crippen LogP contribution is 2.40. The van der Waals surface area contributed by atoms with Gasteiger partial charge in [-0.15, -0.1) is 0 Å². The Bertz CT molecular complexity index is 519. The molecule has 0 unspecified atom stereocenters. The normalized spacial score (nSPS) is 23.4. The lowest BCUT2D eigenvalue weighted by atomic mass is 9.83. The number of guanidine groups is 1. The van der Waals surface area contributed by atoms with Crippen molar-refractivity contribution in [1.29, 1.82) is 0 Å². The van der Waals surface area contributed by atoms with E-state index in [1.807, 2.05) is 0 Å². The van der Waals surface area contributed by atoms with Crippen molar-refractivity contribution >= 4 is 16.0 Å². The summed E-state index contributed by atoms with van der Waals surface area (Å²) in [5, 5.41) is 6.99. The molecule has 0 aromatic carbocycles. The van der Waals surface area contributed by atoms with Gasteiger partial charge in [-0.3, -0.25) is 4.99 Å². The van der Waals surface area contributed by atoms with E-state index in [1.54, 1.807) is 18.3 Å². The number of rotatable bonds is 6. The van der Waals surface area contributed by atoms with Gasteiger partial charge in [-0.1, -0.05) is 19.8 Å². The van der Waals surface area contributed by atoms with Gasteiger partial charge in [-0.05, 0) is 44.4 Å². The van der Waals surface area contributed by atoms with Gasteiger partial charge in [0.05, 0.1) is 5.75 Å². The highest BCUT2D eigenvalue weighted by molar-refractivity contribution is 7.89. The van der Waals surface area contributed by atoms with Gasteiger partial charge in [0.2, 0.25) is 10.0 Å². The van der Waals surface area contributed by atoms with Gasteiger partial charge in [-0.25, -0.2) is 12.7 Å². The molecule has 1 saturated carbocycles. The average molecular weight is 359 g/mol. The topological polar surface area (TPSA) is 73.8 Å². The summed E-state index contributed by atoms with van der Waals surface area (Å²) < 4.78 is 25.5. The molecular weight excluding hydrogens is 324 g/mol. The van der Waals surface area contributed by atoms with E-state index in [0.29, 0.717) is 24.5 Å². The van der Waals surface area contributed by atoms with Gasteiger partial charge >= 0.3 is 0 Å². The van der Waals surface area contributed by atoms with Crippen molar-refractivity contribution in [2.45, 2.75) is 64.8 Å². The molecule has 0 radical (unpaired) electrons. The Morgan fingerprint density at radius 1 is 1.21 bits per heavy atom. The summed E-state index contributed by atoms with van der Waals surface area (Å²) in [7, 11) is -1.25. The van der Waals surface area contributed by atoms with Crippen LogP contribution in [0.15, 0.2) is 4.99 Å². The van der Waals surface area contributed by atoms with Crippen LogP contribution < -0.4 is 10.6 Å². The number of aliphatic imine (C=N–C) groups is 1. The molecule has 0 aromatic heterocycles. The molecule has 1 saturated heterocycles. The van der Waals surface area contributed by atoms with Crippen LogP contribution in [0.3, 0.4) is 0 Å². The number of hydrogen-bond donors (Lipinski definition) is 2. The van der Waals surface area contributed by atoms with Crippen LogP contribution in [0, 0.1) is 5.41 Å². The summed E-state index contributed by atoms with van der Waals surface area (Å²) in [5.41, 5.74) is 0.427. The second-order valence-corrected chi connectivity index (χ2v) is 9.46. The van der Waals surface area contributed by atoms with Crippen molar-refractivity contribution in [3.63, 3.8) is 0 Å². The summed E-state index contributed by atoms with van der Waals surface area (Å²) >= 11 is 0. The molecule has 0 amide bonds. The Balaban J connectivity index is 1.80. The Morgan fingerprint density at radius 3 is 2.33 bits per heavy atom. The van der Waals surface area contributed by atoms with E-state index in [4.69, 9.17) is 0 Å². The minimum atomic E-state index is -3.05. The Labute approximate surface area is 147 Å². The van der Waals surface area contributed by atoms with Gasteiger partial charge < -0.3 is 10.6 Å². The van der Waals surface area contributed by atoms with Crippen LogP contribution in [0.5, 0.6) is 0 Å². The molecule has 2 aliphatic rings. The molecule has 1 heterocycles. The average Bonchev–Trinajstić information content (AvgIpc) is 3.08. The largest absolute Gasteiger partial charge is 0.356 e. The van der Waals surface area contributed by atoms with Crippen molar-refractivity contribution in [3.8, 4) is 0 Å². The van der Waals surface area contributed by atoms with Crippen LogP contribution in [-0.4, -0.2) is 57.2 Å². The fourth-order valence-corrected chi connectivity index (χ4v) is 5.03. The zero-order valence-electron chi connectivity index (χ0n) is 15.5. The molecule has 0 atom stereocenters. The second kappa shape index (κ2) is 8.52. The molecule has 2 N–H and O–H groups in total. The second-order valence-electron chi connectivity index (χ2n) is 7.20. The van der Waals surface area contributed by atoms with Crippen molar-refractivity contribution in [2.75, 3.05) is 32.4 Å². The quantitative estimate of drug-likeness (QED) is 0.562. The monoisotopic (exact) mass is 358 g/mol. The molecule has 2 fully saturated rings. The standard InChI is InChI=1S/C17H34N4O2S/c1-4-17(10-6-7-11-17)14-19-16(18-3)20-15-8-12-21(13-9-15)24(22,23)5-2/h15H,4-14H2,1-3H3,(H2,18,19,20). The van der Waals surface area contributed by atoms with Crippen molar-refractivity contribution in [2.24, 2.45) is 10.4 Å². The highest BCUT2D eigenvalue weighted by atomic mass is 32.2. The van der Waals surface area contributed by atoms with E-state index in [-0.39, 0.29) is 5.75 Å². The van der Waals surface area contributed by atoms with E-state index >= 15 is 0 Å². The predicted octanol–water partition coefficient (Wildman–Crippen LogP) is 1.94. The first-order valence-electron chi connectivity index (χ1n) is 9.40. The van der Waals surface area contributed by atoms with Crippen molar-refractivity contribution < 1.29 is 8.42 Å². The Morgan fingerprint density at radius 2 is 1.83 bits per heavy atom. The summed E-state index contributed by atoms with van der Waals surface area (Å²) in [6.07, 6.45) is 8.17. The van der Waals surface area contributed by atoms with E-state index in [0.717, 1.165) is 25.3 Å². The summed E-state index contributed by atoms with van der Waals surface area (Å²) in [4.78, 5) is 4.36. The van der Waals surface area contributed by atoms with Gasteiger partial charge in [0.25, 0.3) is 0 Å². The zero-order chi connectivity index (χ0) is 17.6. The molecule has 2 rings (SSSR count). The lowest BCUT2D eigenvalue weighted by Gasteiger charge is -2.33. The molecule has 6 nitrogen and oxygen atoms in total. The van der Waals surface area contributed by atoms with Gasteiger partial charge in [-0.2, -0.15) is 0 Å². The van der Waals surface area contributed by atoms with Crippen LogP contribution in [0.25, 0.3) is 0 Å². The molecule has 24 heavy (non-hydrogen) atoms. The minimum Gasteiger partial charge on any atom is -0.356 e. The molecule has 140 valence electrons. The number of nitrogens with zero attached hydrogens (tertiary/aromatic N) is 2. The molecule has 0 bridgehead atoms. The lowest BCUT2D eigenvalue weighted by Crippen LogP contribution is -2.51. The smallest absolute Gasteiger partial charge is 0.213 e. The summed E-state index contributed by atoms with van der Waals surface area (Å²) in [5.74, 6) is 1.04. The zero-order valence-corrected chi connectivity index (χ0v) is 16.3. The third-order valence-corrected chi connectivity index (χ3v) is 7.70. The van der Waals surface area contributed by atoms with Crippen LogP contribution in [0.1, 0.15) is 58.8 Å². The van der Waals surface area contributed by atoms with E-state index in [1.165, 1.54) is 32.1 Å². The van der Waals surface area contributed by atoms with Crippen molar-refractivity contribution in [1.82, 2.24) is 14.9 Å². The molecule has 0 spiro atoms. The number of piperidine rings is 1. The summed E-state index contributed by atoms with van der Waals surface area (Å²) in [6, 6.07) is 0.292. The maximum absolute atomic E-state index is 11.9. The molecule has 7 heteroatoms. The predicted molar refractivity (Wildman–Crippen MR) is 99.7 cm³/mol. The maximum atomic E-state index is 11.9. The Kier molecular flexibility index (Phi) is 6.92. The third kappa shape index (κ3) is 4.85. The van der Waals surface area contributed by atoms with E-state index < -0.39 is 10.0 Å². The van der Waals surface area contributed by atoms with Crippen LogP contribution in [0.4, 0.5) is 0 Å². The minimum absolute atomic E-state index is 0.188. The van der Waals surface area contributed by atoms with Gasteiger partial charge in [0, 0.05) is 32.7 Å². The molecule has 1 aliphatic heterocycles. The number of sulfonamides is 1. The van der Waals surface area contributed by atoms with Crippen LogP contribution >= 0.6 is 0 Å². The first-order valence-corrected chi connectivity index (χ1v) is 11.0. The fourth-order valence-electron chi connectivity index (χ4n) is 3.90. The maximum Gasteiger partial charge on any atom is 0.213 e. The molecular formula is C17H34N4O2S. The number of nitrogens with one attached hydrogen (secondary N) is 2. The molecule has 1 aliphatic carbocycles.